The third-order valence-electron chi connectivity index (χ3n) is 3.06. The fourth-order valence-electron chi connectivity index (χ4n) is 2.13. The van der Waals surface area contributed by atoms with Gasteiger partial charge in [0.1, 0.15) is 0 Å². The summed E-state index contributed by atoms with van der Waals surface area (Å²) >= 11 is 0. The Morgan fingerprint density at radius 1 is 1.53 bits per heavy atom. The average molecular weight is 206 g/mol. The molecule has 0 saturated carbocycles. The highest BCUT2D eigenvalue weighted by Gasteiger charge is 2.22. The molecule has 2 atom stereocenters. The number of nitrogens with one attached hydrogen (secondary N) is 1. The molecule has 1 aromatic heterocycles. The lowest BCUT2D eigenvalue weighted by Gasteiger charge is -2.35. The van der Waals surface area contributed by atoms with Crippen LogP contribution in [0.15, 0.2) is 18.3 Å². The summed E-state index contributed by atoms with van der Waals surface area (Å²) in [6.07, 6.45) is 4.06. The highest BCUT2D eigenvalue weighted by Crippen LogP contribution is 2.18. The van der Waals surface area contributed by atoms with Gasteiger partial charge in [-0.15, -0.1) is 5.10 Å². The van der Waals surface area contributed by atoms with Gasteiger partial charge in [0.05, 0.1) is 0 Å². The Morgan fingerprint density at radius 3 is 3.07 bits per heavy atom. The van der Waals surface area contributed by atoms with Crippen LogP contribution < -0.4 is 10.2 Å². The maximum Gasteiger partial charge on any atom is 0.151 e. The van der Waals surface area contributed by atoms with Crippen molar-refractivity contribution < 1.29 is 0 Å². The number of nitrogens with zero attached hydrogens (tertiary/aromatic N) is 3. The molecule has 1 aliphatic rings. The average Bonchev–Trinajstić information content (AvgIpc) is 2.29. The molecule has 2 heterocycles. The fraction of sp³-hybridized carbons (Fsp3) is 0.636. The first-order valence-electron chi connectivity index (χ1n) is 5.51. The second-order valence-electron chi connectivity index (χ2n) is 4.23. The molecule has 0 unspecified atom stereocenters. The van der Waals surface area contributed by atoms with E-state index >= 15 is 0 Å². The lowest BCUT2D eigenvalue weighted by atomic mass is 9.99. The number of anilines is 1. The third-order valence-corrected chi connectivity index (χ3v) is 3.06. The molecule has 0 amide bonds. The van der Waals surface area contributed by atoms with Crippen molar-refractivity contribution in [2.45, 2.75) is 31.8 Å². The maximum absolute atomic E-state index is 4.13. The minimum Gasteiger partial charge on any atom is -0.355 e. The first kappa shape index (κ1) is 10.4. The predicted octanol–water partition coefficient (Wildman–Crippen LogP) is 1.05. The minimum atomic E-state index is 0.581. The van der Waals surface area contributed by atoms with Crippen LogP contribution in [0, 0.1) is 0 Å². The molecule has 1 saturated heterocycles. The van der Waals surface area contributed by atoms with Gasteiger partial charge in [-0.2, -0.15) is 5.10 Å². The van der Waals surface area contributed by atoms with E-state index in [1.807, 2.05) is 12.1 Å². The Balaban J connectivity index is 2.04. The Morgan fingerprint density at radius 2 is 2.40 bits per heavy atom. The van der Waals surface area contributed by atoms with Crippen LogP contribution in [-0.2, 0) is 0 Å². The van der Waals surface area contributed by atoms with Gasteiger partial charge in [0, 0.05) is 25.3 Å². The third kappa shape index (κ3) is 2.45. The van der Waals surface area contributed by atoms with Gasteiger partial charge in [0.2, 0.25) is 0 Å². The second kappa shape index (κ2) is 4.57. The van der Waals surface area contributed by atoms with Crippen molar-refractivity contribution in [3.8, 4) is 0 Å². The SMILES string of the molecule is C[C@H]1C[C@@H](N(C)c2cccnn2)CCN1. The summed E-state index contributed by atoms with van der Waals surface area (Å²) in [6, 6.07) is 5.13. The molecular weight excluding hydrogens is 188 g/mol. The Kier molecular flexibility index (Phi) is 3.16. The van der Waals surface area contributed by atoms with Crippen LogP contribution in [0.3, 0.4) is 0 Å². The van der Waals surface area contributed by atoms with E-state index < -0.39 is 0 Å². The van der Waals surface area contributed by atoms with Crippen LogP contribution in [0.5, 0.6) is 0 Å². The summed E-state index contributed by atoms with van der Waals surface area (Å²) in [4.78, 5) is 2.24. The van der Waals surface area contributed by atoms with Crippen molar-refractivity contribution in [2.75, 3.05) is 18.5 Å². The van der Waals surface area contributed by atoms with Crippen molar-refractivity contribution in [3.63, 3.8) is 0 Å². The summed E-state index contributed by atoms with van der Waals surface area (Å²) < 4.78 is 0. The van der Waals surface area contributed by atoms with Crippen LogP contribution in [0.25, 0.3) is 0 Å². The number of piperidine rings is 1. The Hall–Kier alpha value is -1.16. The van der Waals surface area contributed by atoms with Crippen molar-refractivity contribution in [1.29, 1.82) is 0 Å². The van der Waals surface area contributed by atoms with Crippen LogP contribution >= 0.6 is 0 Å². The predicted molar refractivity (Wildman–Crippen MR) is 60.9 cm³/mol. The van der Waals surface area contributed by atoms with E-state index in [4.69, 9.17) is 0 Å². The zero-order valence-electron chi connectivity index (χ0n) is 9.35. The van der Waals surface area contributed by atoms with Crippen molar-refractivity contribution in [1.82, 2.24) is 15.5 Å². The monoisotopic (exact) mass is 206 g/mol. The molecule has 1 fully saturated rings. The van der Waals surface area contributed by atoms with Gasteiger partial charge in [0.15, 0.2) is 5.82 Å². The normalized spacial score (nSPS) is 26.3. The highest BCUT2D eigenvalue weighted by atomic mass is 15.3. The van der Waals surface area contributed by atoms with E-state index in [0.717, 1.165) is 12.4 Å². The fourth-order valence-corrected chi connectivity index (χ4v) is 2.13. The molecule has 4 heteroatoms. The molecule has 4 nitrogen and oxygen atoms in total. The van der Waals surface area contributed by atoms with E-state index in [1.165, 1.54) is 12.8 Å². The molecule has 0 spiro atoms. The van der Waals surface area contributed by atoms with E-state index in [9.17, 15) is 0 Å². The highest BCUT2D eigenvalue weighted by molar-refractivity contribution is 5.36. The molecule has 0 radical (unpaired) electrons. The topological polar surface area (TPSA) is 41.1 Å². The van der Waals surface area contributed by atoms with Crippen LogP contribution in [0.2, 0.25) is 0 Å². The molecule has 1 aromatic rings. The van der Waals surface area contributed by atoms with Gasteiger partial charge >= 0.3 is 0 Å². The molecule has 15 heavy (non-hydrogen) atoms. The zero-order chi connectivity index (χ0) is 10.7. The second-order valence-corrected chi connectivity index (χ2v) is 4.23. The molecular formula is C11H18N4. The zero-order valence-corrected chi connectivity index (χ0v) is 9.35. The number of aromatic nitrogens is 2. The first-order chi connectivity index (χ1) is 7.27. The van der Waals surface area contributed by atoms with Gasteiger partial charge in [0.25, 0.3) is 0 Å². The molecule has 1 N–H and O–H groups in total. The summed E-state index contributed by atoms with van der Waals surface area (Å²) in [7, 11) is 2.10. The molecule has 0 bridgehead atoms. The summed E-state index contributed by atoms with van der Waals surface area (Å²) in [6.45, 7) is 3.33. The standard InChI is InChI=1S/C11H18N4/c1-9-8-10(5-7-12-9)15(2)11-4-3-6-13-14-11/h3-4,6,9-10,12H,5,7-8H2,1-2H3/t9-,10-/m0/s1. The lowest BCUT2D eigenvalue weighted by molar-refractivity contribution is 0.370. The van der Waals surface area contributed by atoms with E-state index in [0.29, 0.717) is 12.1 Å². The van der Waals surface area contributed by atoms with Crippen molar-refractivity contribution >= 4 is 5.82 Å². The number of rotatable bonds is 2. The van der Waals surface area contributed by atoms with Gasteiger partial charge in [-0.05, 0) is 38.4 Å². The number of hydrogen-bond donors (Lipinski definition) is 1. The lowest BCUT2D eigenvalue weighted by Crippen LogP contribution is -2.45. The van der Waals surface area contributed by atoms with Gasteiger partial charge in [-0.3, -0.25) is 0 Å². The van der Waals surface area contributed by atoms with Crippen LogP contribution in [-0.4, -0.2) is 35.9 Å². The Bertz CT molecular complexity index is 301. The van der Waals surface area contributed by atoms with Gasteiger partial charge in [-0.25, -0.2) is 0 Å². The van der Waals surface area contributed by atoms with Gasteiger partial charge < -0.3 is 10.2 Å². The summed E-state index contributed by atoms with van der Waals surface area (Å²) in [5.41, 5.74) is 0. The van der Waals surface area contributed by atoms with E-state index in [2.05, 4.69) is 34.4 Å². The quantitative estimate of drug-likeness (QED) is 0.785. The molecule has 0 aromatic carbocycles. The maximum atomic E-state index is 4.13. The van der Waals surface area contributed by atoms with Crippen molar-refractivity contribution in [2.24, 2.45) is 0 Å². The molecule has 1 aliphatic heterocycles. The Labute approximate surface area is 90.7 Å². The smallest absolute Gasteiger partial charge is 0.151 e. The van der Waals surface area contributed by atoms with E-state index in [-0.39, 0.29) is 0 Å². The van der Waals surface area contributed by atoms with Crippen molar-refractivity contribution in [3.05, 3.63) is 18.3 Å². The largest absolute Gasteiger partial charge is 0.355 e. The summed E-state index contributed by atoms with van der Waals surface area (Å²) in [5.74, 6) is 0.969. The first-order valence-corrected chi connectivity index (χ1v) is 5.51. The number of hydrogen-bond acceptors (Lipinski definition) is 4. The molecule has 0 aliphatic carbocycles. The molecule has 2 rings (SSSR count). The van der Waals surface area contributed by atoms with E-state index in [1.54, 1.807) is 6.20 Å². The summed E-state index contributed by atoms with van der Waals surface area (Å²) in [5, 5.41) is 11.5. The van der Waals surface area contributed by atoms with Gasteiger partial charge in [-0.1, -0.05) is 0 Å². The molecule has 82 valence electrons. The minimum absolute atomic E-state index is 0.581. The van der Waals surface area contributed by atoms with Crippen LogP contribution in [0.1, 0.15) is 19.8 Å². The van der Waals surface area contributed by atoms with Crippen LogP contribution in [0.4, 0.5) is 5.82 Å².